The lowest BCUT2D eigenvalue weighted by Gasteiger charge is -2.30. The molecule has 0 radical (unpaired) electrons. The van der Waals surface area contributed by atoms with Crippen LogP contribution in [0.5, 0.6) is 0 Å². The van der Waals surface area contributed by atoms with Gasteiger partial charge in [0.1, 0.15) is 5.82 Å². The minimum Gasteiger partial charge on any atom is -0.395 e. The number of hydrogen-bond donors (Lipinski definition) is 2. The largest absolute Gasteiger partial charge is 0.395 e. The lowest BCUT2D eigenvalue weighted by Crippen LogP contribution is -2.31. The molecule has 0 amide bonds. The van der Waals surface area contributed by atoms with Crippen molar-refractivity contribution in [2.45, 2.75) is 26.3 Å². The predicted molar refractivity (Wildman–Crippen MR) is 88.2 cm³/mol. The molecule has 1 aliphatic rings. The third-order valence-corrected chi connectivity index (χ3v) is 3.98. The van der Waals surface area contributed by atoms with Gasteiger partial charge in [-0.25, -0.2) is 4.98 Å². The average molecular weight is 298 g/mol. The quantitative estimate of drug-likeness (QED) is 0.884. The second kappa shape index (κ2) is 6.75. The number of benzene rings is 1. The third kappa shape index (κ3) is 3.20. The lowest BCUT2D eigenvalue weighted by molar-refractivity contribution is 0.311. The first kappa shape index (κ1) is 14.8. The Balaban J connectivity index is 1.85. The van der Waals surface area contributed by atoms with Crippen LogP contribution >= 0.6 is 0 Å². The Kier molecular flexibility index (Phi) is 4.53. The molecular weight excluding hydrogens is 276 g/mol. The van der Waals surface area contributed by atoms with Gasteiger partial charge in [-0.3, -0.25) is 0 Å². The van der Waals surface area contributed by atoms with Crippen molar-refractivity contribution >= 4 is 11.8 Å². The Morgan fingerprint density at radius 1 is 1.23 bits per heavy atom. The van der Waals surface area contributed by atoms with Gasteiger partial charge in [-0.15, -0.1) is 0 Å². The SMILES string of the molecule is CCc1cc(N2CCc3ccccc3C2)nc(NCCO)n1. The summed E-state index contributed by atoms with van der Waals surface area (Å²) < 4.78 is 0. The maximum atomic E-state index is 8.95. The van der Waals surface area contributed by atoms with Crippen LogP contribution in [-0.2, 0) is 19.4 Å². The number of aliphatic hydroxyl groups excluding tert-OH is 1. The van der Waals surface area contributed by atoms with Crippen LogP contribution in [0, 0.1) is 0 Å². The predicted octanol–water partition coefficient (Wildman–Crippen LogP) is 2.01. The van der Waals surface area contributed by atoms with Crippen LogP contribution in [0.2, 0.25) is 0 Å². The van der Waals surface area contributed by atoms with Crippen LogP contribution in [0.4, 0.5) is 11.8 Å². The molecule has 0 atom stereocenters. The van der Waals surface area contributed by atoms with E-state index in [9.17, 15) is 0 Å². The van der Waals surface area contributed by atoms with E-state index < -0.39 is 0 Å². The molecule has 2 heterocycles. The molecule has 5 nitrogen and oxygen atoms in total. The number of nitrogens with one attached hydrogen (secondary N) is 1. The summed E-state index contributed by atoms with van der Waals surface area (Å²) in [7, 11) is 0. The van der Waals surface area contributed by atoms with Crippen molar-refractivity contribution < 1.29 is 5.11 Å². The Labute approximate surface area is 131 Å². The second-order valence-electron chi connectivity index (χ2n) is 5.49. The maximum Gasteiger partial charge on any atom is 0.224 e. The molecular formula is C17H22N4O. The molecule has 116 valence electrons. The van der Waals surface area contributed by atoms with E-state index >= 15 is 0 Å². The fourth-order valence-corrected chi connectivity index (χ4v) is 2.76. The molecule has 0 aliphatic carbocycles. The van der Waals surface area contributed by atoms with Gasteiger partial charge >= 0.3 is 0 Å². The molecule has 2 N–H and O–H groups in total. The standard InChI is InChI=1S/C17H22N4O/c1-2-15-11-16(20-17(19-15)18-8-10-22)21-9-7-13-5-3-4-6-14(13)12-21/h3-6,11,22H,2,7-10,12H2,1H3,(H,18,19,20). The Morgan fingerprint density at radius 2 is 2.05 bits per heavy atom. The molecule has 0 spiro atoms. The zero-order chi connectivity index (χ0) is 15.4. The Bertz CT molecular complexity index is 644. The van der Waals surface area contributed by atoms with Gasteiger partial charge in [0.05, 0.1) is 6.61 Å². The van der Waals surface area contributed by atoms with Gasteiger partial charge in [0.25, 0.3) is 0 Å². The fraction of sp³-hybridized carbons (Fsp3) is 0.412. The summed E-state index contributed by atoms with van der Waals surface area (Å²) in [4.78, 5) is 11.4. The molecule has 0 bridgehead atoms. The van der Waals surface area contributed by atoms with Crippen molar-refractivity contribution in [3.05, 3.63) is 47.2 Å². The minimum absolute atomic E-state index is 0.0755. The first-order chi connectivity index (χ1) is 10.8. The molecule has 0 saturated heterocycles. The Morgan fingerprint density at radius 3 is 2.82 bits per heavy atom. The van der Waals surface area contributed by atoms with Gasteiger partial charge in [0, 0.05) is 31.4 Å². The van der Waals surface area contributed by atoms with E-state index in [2.05, 4.69) is 57.4 Å². The maximum absolute atomic E-state index is 8.95. The molecule has 1 aromatic heterocycles. The number of fused-ring (bicyclic) bond motifs is 1. The summed E-state index contributed by atoms with van der Waals surface area (Å²) in [6, 6.07) is 10.7. The molecule has 2 aromatic rings. The summed E-state index contributed by atoms with van der Waals surface area (Å²) >= 11 is 0. The number of rotatable bonds is 5. The topological polar surface area (TPSA) is 61.3 Å². The van der Waals surface area contributed by atoms with Crippen molar-refractivity contribution in [2.75, 3.05) is 29.9 Å². The average Bonchev–Trinajstić information content (AvgIpc) is 2.59. The highest BCUT2D eigenvalue weighted by molar-refractivity contribution is 5.48. The summed E-state index contributed by atoms with van der Waals surface area (Å²) in [5, 5.41) is 12.0. The highest BCUT2D eigenvalue weighted by atomic mass is 16.3. The van der Waals surface area contributed by atoms with Crippen LogP contribution in [0.3, 0.4) is 0 Å². The van der Waals surface area contributed by atoms with Gasteiger partial charge in [-0.2, -0.15) is 4.98 Å². The molecule has 1 aliphatic heterocycles. The zero-order valence-corrected chi connectivity index (χ0v) is 12.9. The highest BCUT2D eigenvalue weighted by Gasteiger charge is 2.18. The first-order valence-corrected chi connectivity index (χ1v) is 7.84. The number of aromatic nitrogens is 2. The van der Waals surface area contributed by atoms with Crippen LogP contribution < -0.4 is 10.2 Å². The van der Waals surface area contributed by atoms with Crippen LogP contribution in [0.15, 0.2) is 30.3 Å². The molecule has 0 fully saturated rings. The smallest absolute Gasteiger partial charge is 0.224 e. The van der Waals surface area contributed by atoms with Crippen molar-refractivity contribution in [2.24, 2.45) is 0 Å². The van der Waals surface area contributed by atoms with Gasteiger partial charge in [-0.05, 0) is 24.0 Å². The third-order valence-electron chi connectivity index (χ3n) is 3.98. The Hall–Kier alpha value is -2.14. The zero-order valence-electron chi connectivity index (χ0n) is 12.9. The highest BCUT2D eigenvalue weighted by Crippen LogP contribution is 2.24. The molecule has 0 saturated carbocycles. The number of aryl methyl sites for hydroxylation is 1. The summed E-state index contributed by atoms with van der Waals surface area (Å²) in [5.41, 5.74) is 3.82. The van der Waals surface area contributed by atoms with E-state index in [1.54, 1.807) is 0 Å². The lowest BCUT2D eigenvalue weighted by atomic mass is 10.00. The van der Waals surface area contributed by atoms with E-state index in [-0.39, 0.29) is 6.61 Å². The molecule has 5 heteroatoms. The van der Waals surface area contributed by atoms with Gasteiger partial charge in [0.2, 0.25) is 5.95 Å². The molecule has 3 rings (SSSR count). The normalized spacial score (nSPS) is 13.8. The number of hydrogen-bond acceptors (Lipinski definition) is 5. The van der Waals surface area contributed by atoms with Crippen molar-refractivity contribution in [3.8, 4) is 0 Å². The van der Waals surface area contributed by atoms with E-state index in [1.807, 2.05) is 0 Å². The van der Waals surface area contributed by atoms with Crippen molar-refractivity contribution in [1.82, 2.24) is 9.97 Å². The van der Waals surface area contributed by atoms with Crippen LogP contribution in [-0.4, -0.2) is 34.8 Å². The minimum atomic E-state index is 0.0755. The summed E-state index contributed by atoms with van der Waals surface area (Å²) in [6.45, 7) is 4.49. The summed E-state index contributed by atoms with van der Waals surface area (Å²) in [6.07, 6.45) is 1.91. The van der Waals surface area contributed by atoms with Crippen LogP contribution in [0.25, 0.3) is 0 Å². The van der Waals surface area contributed by atoms with Gasteiger partial charge < -0.3 is 15.3 Å². The second-order valence-corrected chi connectivity index (χ2v) is 5.49. The van der Waals surface area contributed by atoms with E-state index in [0.717, 1.165) is 37.4 Å². The number of anilines is 2. The van der Waals surface area contributed by atoms with Crippen LogP contribution in [0.1, 0.15) is 23.7 Å². The molecule has 1 aromatic carbocycles. The van der Waals surface area contributed by atoms with E-state index in [1.165, 1.54) is 11.1 Å². The molecule has 22 heavy (non-hydrogen) atoms. The van der Waals surface area contributed by atoms with Crippen molar-refractivity contribution in [3.63, 3.8) is 0 Å². The molecule has 0 unspecified atom stereocenters. The van der Waals surface area contributed by atoms with Crippen molar-refractivity contribution in [1.29, 1.82) is 0 Å². The van der Waals surface area contributed by atoms with E-state index in [4.69, 9.17) is 5.11 Å². The number of nitrogens with zero attached hydrogens (tertiary/aromatic N) is 3. The summed E-state index contributed by atoms with van der Waals surface area (Å²) in [5.74, 6) is 1.56. The van der Waals surface area contributed by atoms with Gasteiger partial charge in [-0.1, -0.05) is 31.2 Å². The van der Waals surface area contributed by atoms with E-state index in [0.29, 0.717) is 12.5 Å². The number of aliphatic hydroxyl groups is 1. The fourth-order valence-electron chi connectivity index (χ4n) is 2.76. The van der Waals surface area contributed by atoms with Gasteiger partial charge in [0.15, 0.2) is 0 Å². The first-order valence-electron chi connectivity index (χ1n) is 7.84. The monoisotopic (exact) mass is 298 g/mol.